The molecule has 2 aromatic carbocycles. The van der Waals surface area contributed by atoms with E-state index in [-0.39, 0.29) is 0 Å². The highest BCUT2D eigenvalue weighted by Crippen LogP contribution is 2.38. The van der Waals surface area contributed by atoms with E-state index in [1.54, 1.807) is 18.5 Å². The van der Waals surface area contributed by atoms with Gasteiger partial charge in [-0.2, -0.15) is 0 Å². The van der Waals surface area contributed by atoms with Gasteiger partial charge in [-0.15, -0.1) is 0 Å². The molecule has 0 fully saturated rings. The number of rotatable bonds is 6. The lowest BCUT2D eigenvalue weighted by Crippen LogP contribution is -2.12. The van der Waals surface area contributed by atoms with Gasteiger partial charge in [-0.25, -0.2) is 4.79 Å². The fourth-order valence-corrected chi connectivity index (χ4v) is 5.04. The molecule has 1 atom stereocenters. The summed E-state index contributed by atoms with van der Waals surface area (Å²) >= 11 is 1.81. The Balaban J connectivity index is 1.48. The maximum atomic E-state index is 11.4. The third kappa shape index (κ3) is 4.70. The van der Waals surface area contributed by atoms with Crippen molar-refractivity contribution in [3.05, 3.63) is 88.7 Å². The molecule has 1 aliphatic carbocycles. The number of hydrogen-bond donors (Lipinski definition) is 1. The summed E-state index contributed by atoms with van der Waals surface area (Å²) in [6, 6.07) is 17.1. The van der Waals surface area contributed by atoms with Gasteiger partial charge in [-0.1, -0.05) is 35.5 Å². The van der Waals surface area contributed by atoms with Gasteiger partial charge < -0.3 is 5.11 Å². The first kappa shape index (κ1) is 19.7. The van der Waals surface area contributed by atoms with E-state index < -0.39 is 5.97 Å². The molecule has 1 aromatic heterocycles. The number of hydrogen-bond acceptors (Lipinski definition) is 3. The van der Waals surface area contributed by atoms with Crippen LogP contribution in [0.5, 0.6) is 0 Å². The Morgan fingerprint density at radius 2 is 1.93 bits per heavy atom. The minimum atomic E-state index is -0.871. The highest BCUT2D eigenvalue weighted by Gasteiger charge is 2.21. The summed E-state index contributed by atoms with van der Waals surface area (Å²) in [4.78, 5) is 18.1. The molecule has 0 saturated heterocycles. The lowest BCUT2D eigenvalue weighted by atomic mass is 9.80. The lowest BCUT2D eigenvalue weighted by molar-refractivity contribution is 0.0695. The van der Waals surface area contributed by atoms with E-state index in [1.165, 1.54) is 39.3 Å². The van der Waals surface area contributed by atoms with Crippen LogP contribution in [0, 0.1) is 6.92 Å². The molecule has 0 unspecified atom stereocenters. The molecule has 1 heterocycles. The molecule has 0 aliphatic heterocycles. The Labute approximate surface area is 176 Å². The Kier molecular flexibility index (Phi) is 6.00. The smallest absolute Gasteiger partial charge is 0.336 e. The zero-order valence-electron chi connectivity index (χ0n) is 16.6. The van der Waals surface area contributed by atoms with Crippen LogP contribution < -0.4 is 0 Å². The Morgan fingerprint density at radius 3 is 2.72 bits per heavy atom. The van der Waals surface area contributed by atoms with E-state index in [4.69, 9.17) is 0 Å². The third-order valence-electron chi connectivity index (χ3n) is 5.71. The van der Waals surface area contributed by atoms with Crippen LogP contribution in [0.2, 0.25) is 0 Å². The molecule has 1 aliphatic rings. The van der Waals surface area contributed by atoms with Crippen molar-refractivity contribution >= 4 is 17.7 Å². The third-order valence-corrected chi connectivity index (χ3v) is 6.70. The van der Waals surface area contributed by atoms with Gasteiger partial charge in [0.05, 0.1) is 5.56 Å². The molecule has 1 N–H and O–H groups in total. The number of carboxylic acid groups (broad SMARTS) is 1. The summed E-state index contributed by atoms with van der Waals surface area (Å²) in [6.07, 6.45) is 8.45. The molecule has 3 nitrogen and oxygen atoms in total. The number of pyridine rings is 1. The Bertz CT molecular complexity index is 1010. The summed E-state index contributed by atoms with van der Waals surface area (Å²) in [5.74, 6) is -0.386. The maximum Gasteiger partial charge on any atom is 0.336 e. The van der Waals surface area contributed by atoms with E-state index in [0.717, 1.165) is 24.8 Å². The van der Waals surface area contributed by atoms with Crippen molar-refractivity contribution < 1.29 is 9.90 Å². The number of nitrogens with zero attached hydrogens (tertiary/aromatic N) is 1. The molecule has 29 heavy (non-hydrogen) atoms. The first-order valence-corrected chi connectivity index (χ1v) is 11.0. The molecule has 0 saturated carbocycles. The molecule has 4 rings (SSSR count). The molecule has 148 valence electrons. The van der Waals surface area contributed by atoms with Gasteiger partial charge in [0.15, 0.2) is 0 Å². The summed E-state index contributed by atoms with van der Waals surface area (Å²) in [5.41, 5.74) is 5.37. The number of carbonyl (C=O) groups is 1. The average Bonchev–Trinajstić information content (AvgIpc) is 2.74. The molecule has 0 spiro atoms. The standard InChI is InChI=1S/C25H25NO2S/c1-17-5-9-21(10-6-17)29-22-11-12-23-18(3-2-4-19(23)15-22)7-8-20-16-26-14-13-24(20)25(27)28/h5-6,9-16,18H,2-4,7-8H2,1H3,(H,27,28)/t18-/m0/s1. The topological polar surface area (TPSA) is 50.2 Å². The van der Waals surface area contributed by atoms with E-state index >= 15 is 0 Å². The number of carboxylic acids is 1. The molecule has 0 bridgehead atoms. The van der Waals surface area contributed by atoms with E-state index in [9.17, 15) is 9.90 Å². The second-order valence-corrected chi connectivity index (χ2v) is 8.89. The quantitative estimate of drug-likeness (QED) is 0.525. The van der Waals surface area contributed by atoms with E-state index in [2.05, 4.69) is 54.4 Å². The normalized spacial score (nSPS) is 15.7. The van der Waals surface area contributed by atoms with Gasteiger partial charge in [0.25, 0.3) is 0 Å². The van der Waals surface area contributed by atoms with Crippen LogP contribution >= 0.6 is 11.8 Å². The van der Waals surface area contributed by atoms with Crippen molar-refractivity contribution in [1.82, 2.24) is 4.98 Å². The van der Waals surface area contributed by atoms with Crippen molar-refractivity contribution in [2.45, 2.75) is 54.7 Å². The molecular formula is C25H25NO2S. The number of aromatic nitrogens is 1. The second kappa shape index (κ2) is 8.83. The minimum Gasteiger partial charge on any atom is -0.478 e. The number of benzene rings is 2. The van der Waals surface area contributed by atoms with E-state index in [1.807, 2.05) is 11.8 Å². The van der Waals surface area contributed by atoms with Crippen molar-refractivity contribution in [2.24, 2.45) is 0 Å². The monoisotopic (exact) mass is 403 g/mol. The average molecular weight is 404 g/mol. The number of aryl methyl sites for hydroxylation is 3. The predicted octanol–water partition coefficient (Wildman–Crippen LogP) is 6.29. The van der Waals surface area contributed by atoms with Crippen LogP contribution in [0.3, 0.4) is 0 Å². The SMILES string of the molecule is Cc1ccc(Sc2ccc3c(c2)CCC[C@H]3CCc2cnccc2C(=O)O)cc1. The summed E-state index contributed by atoms with van der Waals surface area (Å²) in [7, 11) is 0. The number of fused-ring (bicyclic) bond motifs is 1. The largest absolute Gasteiger partial charge is 0.478 e. The molecular weight excluding hydrogens is 378 g/mol. The number of aromatic carboxylic acids is 1. The minimum absolute atomic E-state index is 0.376. The zero-order valence-corrected chi connectivity index (χ0v) is 17.4. The first-order chi connectivity index (χ1) is 14.1. The van der Waals surface area contributed by atoms with Crippen LogP contribution in [-0.2, 0) is 12.8 Å². The van der Waals surface area contributed by atoms with Crippen molar-refractivity contribution in [2.75, 3.05) is 0 Å². The highest BCUT2D eigenvalue weighted by atomic mass is 32.2. The van der Waals surface area contributed by atoms with Crippen LogP contribution in [0.1, 0.15) is 57.8 Å². The van der Waals surface area contributed by atoms with Crippen LogP contribution in [0.25, 0.3) is 0 Å². The first-order valence-electron chi connectivity index (χ1n) is 10.1. The fraction of sp³-hybridized carbons (Fsp3) is 0.280. The zero-order chi connectivity index (χ0) is 20.2. The summed E-state index contributed by atoms with van der Waals surface area (Å²) in [6.45, 7) is 2.11. The van der Waals surface area contributed by atoms with Gasteiger partial charge in [-0.3, -0.25) is 4.98 Å². The molecule has 0 amide bonds. The van der Waals surface area contributed by atoms with Gasteiger partial charge in [-0.05, 0) is 92.0 Å². The van der Waals surface area contributed by atoms with Crippen molar-refractivity contribution in [3.63, 3.8) is 0 Å². The Hall–Kier alpha value is -2.59. The van der Waals surface area contributed by atoms with Crippen LogP contribution in [0.15, 0.2) is 70.7 Å². The molecule has 3 aromatic rings. The van der Waals surface area contributed by atoms with Gasteiger partial charge >= 0.3 is 5.97 Å². The predicted molar refractivity (Wildman–Crippen MR) is 117 cm³/mol. The van der Waals surface area contributed by atoms with Crippen LogP contribution in [0.4, 0.5) is 0 Å². The summed E-state index contributed by atoms with van der Waals surface area (Å²) in [5, 5.41) is 9.40. The van der Waals surface area contributed by atoms with Crippen molar-refractivity contribution in [1.29, 1.82) is 0 Å². The van der Waals surface area contributed by atoms with E-state index in [0.29, 0.717) is 11.5 Å². The van der Waals surface area contributed by atoms with Crippen molar-refractivity contribution in [3.8, 4) is 0 Å². The van der Waals surface area contributed by atoms with Gasteiger partial charge in [0.1, 0.15) is 0 Å². The summed E-state index contributed by atoms with van der Waals surface area (Å²) < 4.78 is 0. The molecule has 4 heteroatoms. The fourth-order valence-electron chi connectivity index (χ4n) is 4.16. The Morgan fingerprint density at radius 1 is 1.14 bits per heavy atom. The highest BCUT2D eigenvalue weighted by molar-refractivity contribution is 7.99. The van der Waals surface area contributed by atoms with Gasteiger partial charge in [0, 0.05) is 22.2 Å². The molecule has 0 radical (unpaired) electrons. The van der Waals surface area contributed by atoms with Gasteiger partial charge in [0.2, 0.25) is 0 Å². The maximum absolute atomic E-state index is 11.4. The van der Waals surface area contributed by atoms with Crippen LogP contribution in [-0.4, -0.2) is 16.1 Å². The lowest BCUT2D eigenvalue weighted by Gasteiger charge is -2.26. The second-order valence-electron chi connectivity index (χ2n) is 7.74.